The number of oxime groups is 1. The molecule has 0 unspecified atom stereocenters. The van der Waals surface area contributed by atoms with E-state index in [2.05, 4.69) is 5.16 Å². The lowest BCUT2D eigenvalue weighted by Gasteiger charge is -2.16. The van der Waals surface area contributed by atoms with Gasteiger partial charge in [0, 0.05) is 5.56 Å². The molecule has 28 heavy (non-hydrogen) atoms. The molecule has 0 aromatic heterocycles. The second-order valence-electron chi connectivity index (χ2n) is 7.31. The lowest BCUT2D eigenvalue weighted by atomic mass is 10.1. The van der Waals surface area contributed by atoms with Crippen molar-refractivity contribution < 1.29 is 23.8 Å². The molecule has 150 valence electrons. The average Bonchev–Trinajstić information content (AvgIpc) is 2.65. The zero-order valence-electron chi connectivity index (χ0n) is 17.2. The lowest BCUT2D eigenvalue weighted by molar-refractivity contribution is 0.0000958. The molecule has 0 atom stereocenters. The summed E-state index contributed by atoms with van der Waals surface area (Å²) in [5.41, 5.74) is 0.982. The van der Waals surface area contributed by atoms with E-state index in [1.807, 2.05) is 39.8 Å². The third kappa shape index (κ3) is 6.61. The molecule has 0 aliphatic heterocycles. The van der Waals surface area contributed by atoms with Crippen LogP contribution in [-0.4, -0.2) is 30.8 Å². The minimum absolute atomic E-state index is 0.0296. The number of methoxy groups -OCH3 is 1. The van der Waals surface area contributed by atoms with Gasteiger partial charge in [-0.15, -0.1) is 0 Å². The number of carbonyl (C=O) groups is 1. The topological polar surface area (TPSA) is 66.4 Å². The number of carbonyl (C=O) groups excluding carboxylic acids is 1. The Morgan fingerprint density at radius 1 is 0.964 bits per heavy atom. The number of Topliss-reactive ketones (excluding diaryl/α,β-unsaturated/α-hetero) is 1. The highest BCUT2D eigenvalue weighted by atomic mass is 16.6. The minimum atomic E-state index is -0.329. The van der Waals surface area contributed by atoms with Crippen molar-refractivity contribution in [1.82, 2.24) is 0 Å². The van der Waals surface area contributed by atoms with Crippen LogP contribution in [0.4, 0.5) is 0 Å². The first kappa shape index (κ1) is 21.3. The van der Waals surface area contributed by atoms with Crippen molar-refractivity contribution in [2.75, 3.05) is 13.7 Å². The molecule has 6 heteroatoms. The van der Waals surface area contributed by atoms with E-state index >= 15 is 0 Å². The van der Waals surface area contributed by atoms with Crippen molar-refractivity contribution in [2.24, 2.45) is 5.16 Å². The average molecular weight is 385 g/mol. The highest BCUT2D eigenvalue weighted by Crippen LogP contribution is 2.33. The lowest BCUT2D eigenvalue weighted by Crippen LogP contribution is -2.18. The smallest absolute Gasteiger partial charge is 0.169 e. The molecule has 0 saturated heterocycles. The van der Waals surface area contributed by atoms with Crippen molar-refractivity contribution in [3.8, 4) is 23.0 Å². The molecular weight excluding hydrogens is 358 g/mol. The normalized spacial score (nSPS) is 11.7. The zero-order valence-corrected chi connectivity index (χ0v) is 17.2. The van der Waals surface area contributed by atoms with E-state index in [9.17, 15) is 4.79 Å². The molecule has 2 rings (SSSR count). The van der Waals surface area contributed by atoms with Crippen molar-refractivity contribution in [3.63, 3.8) is 0 Å². The molecule has 0 bridgehead atoms. The predicted molar refractivity (Wildman–Crippen MR) is 109 cm³/mol. The van der Waals surface area contributed by atoms with E-state index in [4.69, 9.17) is 19.0 Å². The van der Waals surface area contributed by atoms with Crippen molar-refractivity contribution >= 4 is 11.5 Å². The fraction of sp³-hybridized carbons (Fsp3) is 0.364. The molecule has 0 spiro atoms. The highest BCUT2D eigenvalue weighted by Gasteiger charge is 2.11. The van der Waals surface area contributed by atoms with E-state index in [0.717, 1.165) is 5.71 Å². The Balaban J connectivity index is 1.99. The van der Waals surface area contributed by atoms with Gasteiger partial charge in [-0.1, -0.05) is 5.16 Å². The van der Waals surface area contributed by atoms with Gasteiger partial charge in [-0.05, 0) is 77.1 Å². The fourth-order valence-corrected chi connectivity index (χ4v) is 2.13. The standard InChI is InChI=1S/C22H27NO5/c1-15(23-28-22(3,4)5)14-26-18-8-10-19(11-9-18)27-20-12-7-17(16(2)24)13-21(20)25-6/h7-13H,14H2,1-6H3. The summed E-state index contributed by atoms with van der Waals surface area (Å²) in [6.07, 6.45) is 0. The molecule has 0 N–H and O–H groups in total. The predicted octanol–water partition coefficient (Wildman–Crippen LogP) is 5.26. The maximum atomic E-state index is 11.5. The Morgan fingerprint density at radius 3 is 2.18 bits per heavy atom. The van der Waals surface area contributed by atoms with E-state index in [1.165, 1.54) is 14.0 Å². The molecule has 0 aliphatic carbocycles. The second-order valence-corrected chi connectivity index (χ2v) is 7.31. The number of ketones is 1. The summed E-state index contributed by atoms with van der Waals surface area (Å²) in [5, 5.41) is 4.05. The number of nitrogens with zero attached hydrogens (tertiary/aromatic N) is 1. The van der Waals surface area contributed by atoms with Gasteiger partial charge < -0.3 is 19.0 Å². The van der Waals surface area contributed by atoms with Gasteiger partial charge in [0.2, 0.25) is 0 Å². The minimum Gasteiger partial charge on any atom is -0.493 e. The largest absolute Gasteiger partial charge is 0.493 e. The van der Waals surface area contributed by atoms with Crippen molar-refractivity contribution in [2.45, 2.75) is 40.2 Å². The Bertz CT molecular complexity index is 835. The monoisotopic (exact) mass is 385 g/mol. The van der Waals surface area contributed by atoms with E-state index in [1.54, 1.807) is 30.3 Å². The van der Waals surface area contributed by atoms with E-state index in [-0.39, 0.29) is 11.4 Å². The molecule has 2 aromatic carbocycles. The van der Waals surface area contributed by atoms with Gasteiger partial charge in [-0.2, -0.15) is 0 Å². The summed E-state index contributed by atoms with van der Waals surface area (Å²) in [7, 11) is 1.54. The third-order valence-electron chi connectivity index (χ3n) is 3.54. The van der Waals surface area contributed by atoms with Gasteiger partial charge in [0.15, 0.2) is 17.3 Å². The number of hydrogen-bond donors (Lipinski definition) is 0. The maximum Gasteiger partial charge on any atom is 0.169 e. The Labute approximate surface area is 166 Å². The molecule has 2 aromatic rings. The van der Waals surface area contributed by atoms with Gasteiger partial charge in [-0.25, -0.2) is 0 Å². The Morgan fingerprint density at radius 2 is 1.61 bits per heavy atom. The number of benzene rings is 2. The van der Waals surface area contributed by atoms with Gasteiger partial charge in [0.25, 0.3) is 0 Å². The Kier molecular flexibility index (Phi) is 7.04. The summed E-state index contributed by atoms with van der Waals surface area (Å²) in [6.45, 7) is 9.50. The third-order valence-corrected chi connectivity index (χ3v) is 3.54. The quantitative estimate of drug-likeness (QED) is 0.352. The van der Waals surface area contributed by atoms with Crippen LogP contribution in [0.25, 0.3) is 0 Å². The molecule has 0 fully saturated rings. The van der Waals surface area contributed by atoms with Gasteiger partial charge in [-0.3, -0.25) is 4.79 Å². The van der Waals surface area contributed by atoms with Gasteiger partial charge in [0.05, 0.1) is 12.8 Å². The molecule has 0 radical (unpaired) electrons. The summed E-state index contributed by atoms with van der Waals surface area (Å²) in [5.74, 6) is 2.32. The van der Waals surface area contributed by atoms with Crippen molar-refractivity contribution in [1.29, 1.82) is 0 Å². The van der Waals surface area contributed by atoms with Gasteiger partial charge >= 0.3 is 0 Å². The SMILES string of the molecule is COc1cc(C(C)=O)ccc1Oc1ccc(OCC(C)=NOC(C)(C)C)cc1. The first-order valence-corrected chi connectivity index (χ1v) is 8.99. The van der Waals surface area contributed by atoms with Crippen LogP contribution in [0.2, 0.25) is 0 Å². The molecule has 0 heterocycles. The van der Waals surface area contributed by atoms with Crippen LogP contribution in [0.5, 0.6) is 23.0 Å². The summed E-state index contributed by atoms with van der Waals surface area (Å²) < 4.78 is 16.9. The fourth-order valence-electron chi connectivity index (χ4n) is 2.13. The van der Waals surface area contributed by atoms with E-state index < -0.39 is 0 Å². The van der Waals surface area contributed by atoms with Gasteiger partial charge in [0.1, 0.15) is 23.7 Å². The van der Waals surface area contributed by atoms with Crippen LogP contribution >= 0.6 is 0 Å². The second kappa shape index (κ2) is 9.26. The molecule has 0 aliphatic rings. The van der Waals surface area contributed by atoms with Crippen LogP contribution in [0, 0.1) is 0 Å². The van der Waals surface area contributed by atoms with Crippen LogP contribution in [-0.2, 0) is 4.84 Å². The summed E-state index contributed by atoms with van der Waals surface area (Å²) in [6, 6.07) is 12.3. The maximum absolute atomic E-state index is 11.5. The highest BCUT2D eigenvalue weighted by molar-refractivity contribution is 5.94. The van der Waals surface area contributed by atoms with Crippen LogP contribution in [0.15, 0.2) is 47.6 Å². The number of hydrogen-bond acceptors (Lipinski definition) is 6. The van der Waals surface area contributed by atoms with Crippen LogP contribution in [0.3, 0.4) is 0 Å². The summed E-state index contributed by atoms with van der Waals surface area (Å²) in [4.78, 5) is 16.9. The zero-order chi connectivity index (χ0) is 20.7. The molecule has 6 nitrogen and oxygen atoms in total. The molecule has 0 saturated carbocycles. The van der Waals surface area contributed by atoms with Crippen LogP contribution in [0.1, 0.15) is 45.0 Å². The number of rotatable bonds is 8. The Hall–Kier alpha value is -3.02. The molecule has 0 amide bonds. The van der Waals surface area contributed by atoms with Crippen molar-refractivity contribution in [3.05, 3.63) is 48.0 Å². The molecular formula is C22H27NO5. The first-order chi connectivity index (χ1) is 13.2. The summed E-state index contributed by atoms with van der Waals surface area (Å²) >= 11 is 0. The van der Waals surface area contributed by atoms with Crippen LogP contribution < -0.4 is 14.2 Å². The first-order valence-electron chi connectivity index (χ1n) is 8.99. The van der Waals surface area contributed by atoms with E-state index in [0.29, 0.717) is 35.2 Å². The number of ether oxygens (including phenoxy) is 3.